The van der Waals surface area contributed by atoms with E-state index in [4.69, 9.17) is 5.11 Å². The van der Waals surface area contributed by atoms with E-state index in [9.17, 15) is 0 Å². The lowest BCUT2D eigenvalue weighted by molar-refractivity contribution is 0.276. The van der Waals surface area contributed by atoms with Crippen molar-refractivity contribution in [3.05, 3.63) is 18.0 Å². The molecule has 0 saturated carbocycles. The molecule has 1 unspecified atom stereocenters. The molecule has 0 amide bonds. The predicted molar refractivity (Wildman–Crippen MR) is 60.5 cm³/mol. The van der Waals surface area contributed by atoms with Crippen LogP contribution >= 0.6 is 0 Å². The molecule has 0 aliphatic heterocycles. The Morgan fingerprint density at radius 2 is 2.40 bits per heavy atom. The molecule has 1 aromatic rings. The molecule has 0 aliphatic carbocycles. The first kappa shape index (κ1) is 12.2. The van der Waals surface area contributed by atoms with Crippen LogP contribution in [0.4, 0.5) is 0 Å². The Balaban J connectivity index is 2.24. The second kappa shape index (κ2) is 6.58. The minimum Gasteiger partial charge on any atom is -0.396 e. The van der Waals surface area contributed by atoms with Crippen molar-refractivity contribution in [3.63, 3.8) is 0 Å². The smallest absolute Gasteiger partial charge is 0.0534 e. The normalized spacial score (nSPS) is 13.0. The van der Waals surface area contributed by atoms with Gasteiger partial charge in [-0.05, 0) is 26.7 Å². The molecule has 1 aromatic heterocycles. The van der Waals surface area contributed by atoms with E-state index in [0.29, 0.717) is 6.04 Å². The van der Waals surface area contributed by atoms with Crippen LogP contribution in [0.5, 0.6) is 0 Å². The number of rotatable bonds is 7. The van der Waals surface area contributed by atoms with Crippen LogP contribution in [-0.4, -0.2) is 27.5 Å². The van der Waals surface area contributed by atoms with Crippen LogP contribution in [0.3, 0.4) is 0 Å². The van der Waals surface area contributed by atoms with E-state index in [1.54, 1.807) is 0 Å². The molecule has 2 N–H and O–H groups in total. The van der Waals surface area contributed by atoms with Crippen molar-refractivity contribution in [1.29, 1.82) is 0 Å². The van der Waals surface area contributed by atoms with Crippen LogP contribution in [0.25, 0.3) is 0 Å². The van der Waals surface area contributed by atoms with Crippen molar-refractivity contribution in [1.82, 2.24) is 15.1 Å². The summed E-state index contributed by atoms with van der Waals surface area (Å²) in [5.41, 5.74) is 1.22. The van der Waals surface area contributed by atoms with Crippen molar-refractivity contribution >= 4 is 0 Å². The second-order valence-corrected chi connectivity index (χ2v) is 3.85. The van der Waals surface area contributed by atoms with Crippen molar-refractivity contribution < 1.29 is 5.11 Å². The Hall–Kier alpha value is -0.870. The molecule has 4 nitrogen and oxygen atoms in total. The van der Waals surface area contributed by atoms with Crippen LogP contribution in [-0.2, 0) is 13.1 Å². The molecule has 0 aromatic carbocycles. The highest BCUT2D eigenvalue weighted by atomic mass is 16.2. The van der Waals surface area contributed by atoms with Crippen LogP contribution in [0.2, 0.25) is 0 Å². The van der Waals surface area contributed by atoms with Crippen molar-refractivity contribution in [2.45, 2.75) is 45.8 Å². The fraction of sp³-hybridized carbons (Fsp3) is 0.727. The van der Waals surface area contributed by atoms with E-state index < -0.39 is 0 Å². The summed E-state index contributed by atoms with van der Waals surface area (Å²) in [5.74, 6) is 0. The van der Waals surface area contributed by atoms with Gasteiger partial charge in [-0.15, -0.1) is 0 Å². The van der Waals surface area contributed by atoms with E-state index in [0.717, 1.165) is 25.9 Å². The van der Waals surface area contributed by atoms with Gasteiger partial charge >= 0.3 is 0 Å². The molecule has 1 atom stereocenters. The number of hydrogen-bond acceptors (Lipinski definition) is 3. The molecule has 0 bridgehead atoms. The van der Waals surface area contributed by atoms with Crippen molar-refractivity contribution in [2.24, 2.45) is 0 Å². The summed E-state index contributed by atoms with van der Waals surface area (Å²) >= 11 is 0. The van der Waals surface area contributed by atoms with Gasteiger partial charge < -0.3 is 10.4 Å². The van der Waals surface area contributed by atoms with Gasteiger partial charge in [0.15, 0.2) is 0 Å². The van der Waals surface area contributed by atoms with Gasteiger partial charge in [0.1, 0.15) is 0 Å². The molecule has 1 heterocycles. The highest BCUT2D eigenvalue weighted by molar-refractivity contribution is 5.03. The van der Waals surface area contributed by atoms with Crippen molar-refractivity contribution in [2.75, 3.05) is 6.61 Å². The minimum atomic E-state index is 0.278. The quantitative estimate of drug-likeness (QED) is 0.711. The Bertz CT molecular complexity index is 273. The van der Waals surface area contributed by atoms with Crippen LogP contribution in [0.15, 0.2) is 12.4 Å². The van der Waals surface area contributed by atoms with Gasteiger partial charge in [-0.2, -0.15) is 5.10 Å². The number of aryl methyl sites for hydroxylation is 1. The van der Waals surface area contributed by atoms with E-state index in [2.05, 4.69) is 30.5 Å². The molecule has 4 heteroatoms. The minimum absolute atomic E-state index is 0.278. The lowest BCUT2D eigenvalue weighted by atomic mass is 10.2. The highest BCUT2D eigenvalue weighted by Gasteiger charge is 2.02. The average molecular weight is 211 g/mol. The van der Waals surface area contributed by atoms with Crippen LogP contribution < -0.4 is 5.32 Å². The molecule has 1 rings (SSSR count). The van der Waals surface area contributed by atoms with Crippen molar-refractivity contribution in [3.8, 4) is 0 Å². The summed E-state index contributed by atoms with van der Waals surface area (Å²) in [7, 11) is 0. The van der Waals surface area contributed by atoms with Crippen LogP contribution in [0, 0.1) is 0 Å². The summed E-state index contributed by atoms with van der Waals surface area (Å²) in [4.78, 5) is 0. The SMILES string of the molecule is CCn1cc(CNC(C)CCCO)cn1. The number of nitrogens with zero attached hydrogens (tertiary/aromatic N) is 2. The summed E-state index contributed by atoms with van der Waals surface area (Å²) in [6, 6.07) is 0.446. The zero-order valence-electron chi connectivity index (χ0n) is 9.61. The average Bonchev–Trinajstić information content (AvgIpc) is 2.71. The number of nitrogens with one attached hydrogen (secondary N) is 1. The topological polar surface area (TPSA) is 50.1 Å². The molecule has 0 aliphatic rings. The maximum Gasteiger partial charge on any atom is 0.0534 e. The Morgan fingerprint density at radius 1 is 1.60 bits per heavy atom. The van der Waals surface area contributed by atoms with Gasteiger partial charge in [-0.25, -0.2) is 0 Å². The third kappa shape index (κ3) is 4.44. The first-order valence-electron chi connectivity index (χ1n) is 5.61. The number of hydrogen-bond donors (Lipinski definition) is 2. The molecular weight excluding hydrogens is 190 g/mol. The van der Waals surface area contributed by atoms with E-state index in [1.165, 1.54) is 5.56 Å². The first-order valence-corrected chi connectivity index (χ1v) is 5.61. The zero-order valence-corrected chi connectivity index (χ0v) is 9.61. The van der Waals surface area contributed by atoms with E-state index in [1.807, 2.05) is 10.9 Å². The maximum atomic E-state index is 8.69. The van der Waals surface area contributed by atoms with Gasteiger partial charge in [0.2, 0.25) is 0 Å². The lowest BCUT2D eigenvalue weighted by Gasteiger charge is -2.11. The molecule has 0 radical (unpaired) electrons. The summed E-state index contributed by atoms with van der Waals surface area (Å²) in [6.45, 7) is 6.26. The van der Waals surface area contributed by atoms with Crippen LogP contribution in [0.1, 0.15) is 32.3 Å². The lowest BCUT2D eigenvalue weighted by Crippen LogP contribution is -2.25. The first-order chi connectivity index (χ1) is 7.26. The largest absolute Gasteiger partial charge is 0.396 e. The van der Waals surface area contributed by atoms with Gasteiger partial charge in [0.25, 0.3) is 0 Å². The standard InChI is InChI=1S/C11H21N3O/c1-3-14-9-11(8-13-14)7-12-10(2)5-4-6-15/h8-10,12,15H,3-7H2,1-2H3. The zero-order chi connectivity index (χ0) is 11.1. The van der Waals surface area contributed by atoms with Gasteiger partial charge in [0, 0.05) is 37.5 Å². The molecule has 0 saturated heterocycles. The number of aliphatic hydroxyl groups is 1. The molecular formula is C11H21N3O. The highest BCUT2D eigenvalue weighted by Crippen LogP contribution is 2.00. The molecule has 0 fully saturated rings. The third-order valence-corrected chi connectivity index (χ3v) is 2.46. The number of aromatic nitrogens is 2. The molecule has 0 spiro atoms. The number of aliphatic hydroxyl groups excluding tert-OH is 1. The monoisotopic (exact) mass is 211 g/mol. The fourth-order valence-corrected chi connectivity index (χ4v) is 1.46. The molecule has 86 valence electrons. The van der Waals surface area contributed by atoms with E-state index >= 15 is 0 Å². The Kier molecular flexibility index (Phi) is 5.36. The summed E-state index contributed by atoms with van der Waals surface area (Å²) in [6.07, 6.45) is 5.84. The summed E-state index contributed by atoms with van der Waals surface area (Å²) < 4.78 is 1.93. The predicted octanol–water partition coefficient (Wildman–Crippen LogP) is 1.15. The third-order valence-electron chi connectivity index (χ3n) is 2.46. The van der Waals surface area contributed by atoms with Gasteiger partial charge in [0.05, 0.1) is 6.20 Å². The Morgan fingerprint density at radius 3 is 3.00 bits per heavy atom. The summed E-state index contributed by atoms with van der Waals surface area (Å²) in [5, 5.41) is 16.3. The maximum absolute atomic E-state index is 8.69. The Labute approximate surface area is 91.3 Å². The van der Waals surface area contributed by atoms with Gasteiger partial charge in [-0.3, -0.25) is 4.68 Å². The second-order valence-electron chi connectivity index (χ2n) is 3.85. The molecule has 15 heavy (non-hydrogen) atoms. The fourth-order valence-electron chi connectivity index (χ4n) is 1.46. The van der Waals surface area contributed by atoms with Gasteiger partial charge in [-0.1, -0.05) is 0 Å². The van der Waals surface area contributed by atoms with E-state index in [-0.39, 0.29) is 6.61 Å².